The molecule has 0 aliphatic carbocycles. The highest BCUT2D eigenvalue weighted by atomic mass is 35.5. The predicted molar refractivity (Wildman–Crippen MR) is 70.3 cm³/mol. The van der Waals surface area contributed by atoms with Crippen LogP contribution in [0.1, 0.15) is 18.4 Å². The Morgan fingerprint density at radius 1 is 1.50 bits per heavy atom. The molecule has 1 saturated heterocycles. The third kappa shape index (κ3) is 2.31. The summed E-state index contributed by atoms with van der Waals surface area (Å²) in [5.74, 6) is 0.273. The zero-order chi connectivity index (χ0) is 13.3. The molecule has 1 atom stereocenters. The van der Waals surface area contributed by atoms with Crippen LogP contribution in [-0.2, 0) is 4.79 Å². The van der Waals surface area contributed by atoms with Gasteiger partial charge in [-0.1, -0.05) is 11.6 Å². The van der Waals surface area contributed by atoms with Gasteiger partial charge < -0.3 is 14.7 Å². The molecule has 4 nitrogen and oxygen atoms in total. The molecule has 18 heavy (non-hydrogen) atoms. The number of carbonyl (C=O) groups excluding carboxylic acids is 1. The van der Waals surface area contributed by atoms with Gasteiger partial charge in [-0.3, -0.25) is 4.79 Å². The largest absolute Gasteiger partial charge is 0.495 e. The van der Waals surface area contributed by atoms with Gasteiger partial charge in [-0.15, -0.1) is 0 Å². The van der Waals surface area contributed by atoms with Gasteiger partial charge in [0.2, 0.25) is 0 Å². The summed E-state index contributed by atoms with van der Waals surface area (Å²) in [4.78, 5) is 13.5. The molecule has 1 amide bonds. The number of aryl methyl sites for hydroxylation is 1. The summed E-state index contributed by atoms with van der Waals surface area (Å²) in [5, 5.41) is 10.2. The molecule has 0 saturated carbocycles. The first-order valence-electron chi connectivity index (χ1n) is 5.88. The van der Waals surface area contributed by atoms with Gasteiger partial charge in [0.25, 0.3) is 5.91 Å². The Labute approximate surface area is 111 Å². The van der Waals surface area contributed by atoms with Crippen LogP contribution in [0.3, 0.4) is 0 Å². The average molecular weight is 270 g/mol. The molecule has 1 aliphatic rings. The first-order chi connectivity index (χ1) is 8.54. The summed E-state index contributed by atoms with van der Waals surface area (Å²) < 4.78 is 5.26. The number of piperidine rings is 1. The van der Waals surface area contributed by atoms with Crippen molar-refractivity contribution in [3.63, 3.8) is 0 Å². The van der Waals surface area contributed by atoms with Crippen molar-refractivity contribution in [1.82, 2.24) is 0 Å². The smallest absolute Gasteiger partial charge is 0.255 e. The average Bonchev–Trinajstić information content (AvgIpc) is 2.36. The van der Waals surface area contributed by atoms with Crippen LogP contribution >= 0.6 is 11.6 Å². The van der Waals surface area contributed by atoms with Crippen molar-refractivity contribution >= 4 is 23.2 Å². The van der Waals surface area contributed by atoms with Crippen molar-refractivity contribution in [2.75, 3.05) is 18.6 Å². The number of anilines is 1. The van der Waals surface area contributed by atoms with Gasteiger partial charge in [0.1, 0.15) is 11.9 Å². The number of halogens is 1. The minimum absolute atomic E-state index is 0.277. The molecular weight excluding hydrogens is 254 g/mol. The summed E-state index contributed by atoms with van der Waals surface area (Å²) in [5.41, 5.74) is 1.54. The lowest BCUT2D eigenvalue weighted by molar-refractivity contribution is -0.128. The van der Waals surface area contributed by atoms with Gasteiger partial charge in [-0.2, -0.15) is 0 Å². The van der Waals surface area contributed by atoms with Crippen LogP contribution in [0.4, 0.5) is 5.69 Å². The summed E-state index contributed by atoms with van der Waals surface area (Å²) in [6.07, 6.45) is 0.376. The molecule has 1 aromatic carbocycles. The lowest BCUT2D eigenvalue weighted by atomic mass is 10.1. The Bertz CT molecular complexity index is 476. The molecular formula is C13H16ClNO3. The third-order valence-electron chi connectivity index (χ3n) is 3.16. The number of ether oxygens (including phenoxy) is 1. The van der Waals surface area contributed by atoms with E-state index in [-0.39, 0.29) is 5.91 Å². The number of benzene rings is 1. The molecule has 0 spiro atoms. The Morgan fingerprint density at radius 3 is 2.89 bits per heavy atom. The first-order valence-corrected chi connectivity index (χ1v) is 6.26. The van der Waals surface area contributed by atoms with E-state index >= 15 is 0 Å². The molecule has 0 aromatic heterocycles. The summed E-state index contributed by atoms with van der Waals surface area (Å²) in [7, 11) is 1.54. The fourth-order valence-corrected chi connectivity index (χ4v) is 2.27. The van der Waals surface area contributed by atoms with Crippen molar-refractivity contribution in [1.29, 1.82) is 0 Å². The maximum Gasteiger partial charge on any atom is 0.255 e. The van der Waals surface area contributed by atoms with E-state index in [0.717, 1.165) is 12.0 Å². The number of aliphatic hydroxyl groups excluding tert-OH is 1. The second-order valence-corrected chi connectivity index (χ2v) is 4.83. The SMILES string of the molecule is COc1cc(Cl)c(C)cc1N1CCCC(O)C1=O. The number of amides is 1. The van der Waals surface area contributed by atoms with Crippen molar-refractivity contribution in [3.8, 4) is 5.75 Å². The minimum atomic E-state index is -0.917. The maximum absolute atomic E-state index is 12.0. The molecule has 1 fully saturated rings. The molecule has 1 N–H and O–H groups in total. The van der Waals surface area contributed by atoms with Crippen LogP contribution < -0.4 is 9.64 Å². The minimum Gasteiger partial charge on any atom is -0.495 e. The molecule has 1 aliphatic heterocycles. The van der Waals surface area contributed by atoms with E-state index < -0.39 is 6.10 Å². The lowest BCUT2D eigenvalue weighted by Gasteiger charge is -2.31. The Morgan fingerprint density at radius 2 is 2.22 bits per heavy atom. The third-order valence-corrected chi connectivity index (χ3v) is 3.57. The fraction of sp³-hybridized carbons (Fsp3) is 0.462. The van der Waals surface area contributed by atoms with Crippen molar-refractivity contribution < 1.29 is 14.6 Å². The highest BCUT2D eigenvalue weighted by Gasteiger charge is 2.29. The van der Waals surface area contributed by atoms with Crippen LogP contribution in [0.15, 0.2) is 12.1 Å². The van der Waals surface area contributed by atoms with Crippen LogP contribution in [-0.4, -0.2) is 30.8 Å². The number of carbonyl (C=O) groups is 1. The molecule has 0 bridgehead atoms. The molecule has 0 radical (unpaired) electrons. The van der Waals surface area contributed by atoms with Gasteiger partial charge in [0.05, 0.1) is 12.8 Å². The molecule has 1 aromatic rings. The van der Waals surface area contributed by atoms with Gasteiger partial charge in [-0.05, 0) is 31.4 Å². The summed E-state index contributed by atoms with van der Waals surface area (Å²) in [6.45, 7) is 2.46. The maximum atomic E-state index is 12.0. The quantitative estimate of drug-likeness (QED) is 0.895. The van der Waals surface area contributed by atoms with Crippen molar-refractivity contribution in [2.24, 2.45) is 0 Å². The van der Waals surface area contributed by atoms with Gasteiger partial charge >= 0.3 is 0 Å². The van der Waals surface area contributed by atoms with Crippen LogP contribution in [0.5, 0.6) is 5.75 Å². The van der Waals surface area contributed by atoms with Gasteiger partial charge in [0, 0.05) is 17.6 Å². The monoisotopic (exact) mass is 269 g/mol. The summed E-state index contributed by atoms with van der Waals surface area (Å²) in [6, 6.07) is 3.51. The molecule has 2 rings (SSSR count). The van der Waals surface area contributed by atoms with E-state index in [1.165, 1.54) is 7.11 Å². The zero-order valence-electron chi connectivity index (χ0n) is 10.4. The van der Waals surface area contributed by atoms with E-state index in [1.54, 1.807) is 11.0 Å². The topological polar surface area (TPSA) is 49.8 Å². The number of hydrogen-bond donors (Lipinski definition) is 1. The summed E-state index contributed by atoms with van der Waals surface area (Å²) >= 11 is 6.04. The number of hydrogen-bond acceptors (Lipinski definition) is 3. The number of nitrogens with zero attached hydrogens (tertiary/aromatic N) is 1. The van der Waals surface area contributed by atoms with E-state index in [9.17, 15) is 9.90 Å². The van der Waals surface area contributed by atoms with Crippen LogP contribution in [0.2, 0.25) is 5.02 Å². The normalized spacial score (nSPS) is 20.1. The Balaban J connectivity index is 2.43. The predicted octanol–water partition coefficient (Wildman–Crippen LogP) is 2.14. The number of methoxy groups -OCH3 is 1. The molecule has 1 unspecified atom stereocenters. The van der Waals surface area contributed by atoms with E-state index in [0.29, 0.717) is 29.4 Å². The second kappa shape index (κ2) is 5.16. The second-order valence-electron chi connectivity index (χ2n) is 4.42. The lowest BCUT2D eigenvalue weighted by Crippen LogP contribution is -2.44. The number of rotatable bonds is 2. The van der Waals surface area contributed by atoms with Crippen LogP contribution in [0, 0.1) is 6.92 Å². The zero-order valence-corrected chi connectivity index (χ0v) is 11.2. The standard InChI is InChI=1S/C13H16ClNO3/c1-8-6-10(12(18-2)7-9(8)14)15-5-3-4-11(16)13(15)17/h6-7,11,16H,3-5H2,1-2H3. The van der Waals surface area contributed by atoms with Crippen LogP contribution in [0.25, 0.3) is 0 Å². The Kier molecular flexibility index (Phi) is 3.78. The van der Waals surface area contributed by atoms with E-state index in [2.05, 4.69) is 0 Å². The van der Waals surface area contributed by atoms with E-state index in [1.807, 2.05) is 13.0 Å². The highest BCUT2D eigenvalue weighted by molar-refractivity contribution is 6.31. The van der Waals surface area contributed by atoms with E-state index in [4.69, 9.17) is 16.3 Å². The molecule has 98 valence electrons. The Hall–Kier alpha value is -1.26. The van der Waals surface area contributed by atoms with Gasteiger partial charge in [0.15, 0.2) is 0 Å². The van der Waals surface area contributed by atoms with Crippen molar-refractivity contribution in [2.45, 2.75) is 25.9 Å². The first kappa shape index (κ1) is 13.2. The fourth-order valence-electron chi connectivity index (χ4n) is 2.12. The highest BCUT2D eigenvalue weighted by Crippen LogP contribution is 2.35. The molecule has 5 heteroatoms. The van der Waals surface area contributed by atoms with Gasteiger partial charge in [-0.25, -0.2) is 0 Å². The van der Waals surface area contributed by atoms with Crippen molar-refractivity contribution in [3.05, 3.63) is 22.7 Å². The number of aliphatic hydroxyl groups is 1. The molecule has 1 heterocycles.